The van der Waals surface area contributed by atoms with Crippen LogP contribution in [0.3, 0.4) is 0 Å². The van der Waals surface area contributed by atoms with Gasteiger partial charge in [0.25, 0.3) is 0 Å². The van der Waals surface area contributed by atoms with E-state index in [-0.39, 0.29) is 4.71 Å². The fourth-order valence-corrected chi connectivity index (χ4v) is 2.88. The molecule has 0 heterocycles. The van der Waals surface area contributed by atoms with Crippen LogP contribution < -0.4 is 0 Å². The third-order valence-electron chi connectivity index (χ3n) is 2.85. The molecule has 0 spiro atoms. The maximum absolute atomic E-state index is 6.19. The van der Waals surface area contributed by atoms with E-state index in [0.717, 1.165) is 6.42 Å². The van der Waals surface area contributed by atoms with Gasteiger partial charge >= 0.3 is 0 Å². The molecule has 0 nitrogen and oxygen atoms in total. The summed E-state index contributed by atoms with van der Waals surface area (Å²) in [5.74, 6) is 6.31. The molecular weight excluding hydrogens is 272 g/mol. The Bertz CT molecular complexity index is 377. The highest BCUT2D eigenvalue weighted by Crippen LogP contribution is 2.24. The molecule has 0 N–H and O–H groups in total. The zero-order valence-corrected chi connectivity index (χ0v) is 13.3. The number of halogens is 1. The van der Waals surface area contributed by atoms with Crippen LogP contribution in [0.5, 0.6) is 0 Å². The Balaban J connectivity index is 2.09. The molecule has 1 atom stereocenters. The van der Waals surface area contributed by atoms with Crippen LogP contribution in [0.15, 0.2) is 35.2 Å². The van der Waals surface area contributed by atoms with Gasteiger partial charge in [0.1, 0.15) is 4.71 Å². The van der Waals surface area contributed by atoms with Crippen LogP contribution in [0.1, 0.15) is 51.9 Å². The van der Waals surface area contributed by atoms with Gasteiger partial charge in [-0.05, 0) is 18.6 Å². The van der Waals surface area contributed by atoms with E-state index in [2.05, 4.69) is 30.9 Å². The van der Waals surface area contributed by atoms with E-state index in [0.29, 0.717) is 0 Å². The second kappa shape index (κ2) is 11.3. The Hall–Kier alpha value is -0.580. The lowest BCUT2D eigenvalue weighted by molar-refractivity contribution is 0.614. The second-order valence-corrected chi connectivity index (χ2v) is 6.46. The van der Waals surface area contributed by atoms with Crippen LogP contribution in [0, 0.1) is 11.8 Å². The molecule has 1 rings (SSSR count). The fraction of sp³-hybridized carbons (Fsp3) is 0.529. The summed E-state index contributed by atoms with van der Waals surface area (Å²) in [6, 6.07) is 10.2. The van der Waals surface area contributed by atoms with E-state index in [9.17, 15) is 0 Å². The van der Waals surface area contributed by atoms with Gasteiger partial charge in [0.15, 0.2) is 0 Å². The number of unbranched alkanes of at least 4 members (excludes halogenated alkanes) is 6. The van der Waals surface area contributed by atoms with Crippen molar-refractivity contribution in [2.45, 2.75) is 61.5 Å². The van der Waals surface area contributed by atoms with Crippen molar-refractivity contribution in [2.24, 2.45) is 0 Å². The maximum atomic E-state index is 6.19. The van der Waals surface area contributed by atoms with Crippen molar-refractivity contribution in [3.05, 3.63) is 30.3 Å². The predicted molar refractivity (Wildman–Crippen MR) is 87.7 cm³/mol. The molecule has 0 saturated heterocycles. The van der Waals surface area contributed by atoms with Crippen molar-refractivity contribution in [1.82, 2.24) is 0 Å². The van der Waals surface area contributed by atoms with Crippen molar-refractivity contribution < 1.29 is 0 Å². The molecule has 1 aromatic rings. The van der Waals surface area contributed by atoms with Crippen LogP contribution in [-0.2, 0) is 0 Å². The minimum Gasteiger partial charge on any atom is -0.101 e. The molecule has 0 bridgehead atoms. The highest BCUT2D eigenvalue weighted by Gasteiger charge is 2.01. The second-order valence-electron chi connectivity index (χ2n) is 4.59. The molecular formula is C17H23ClS. The van der Waals surface area contributed by atoms with Crippen LogP contribution >= 0.6 is 23.4 Å². The Kier molecular flexibility index (Phi) is 9.77. The molecule has 2 heteroatoms. The van der Waals surface area contributed by atoms with Crippen molar-refractivity contribution >= 4 is 23.4 Å². The third kappa shape index (κ3) is 9.03. The van der Waals surface area contributed by atoms with Gasteiger partial charge in [0, 0.05) is 11.3 Å². The van der Waals surface area contributed by atoms with E-state index < -0.39 is 0 Å². The van der Waals surface area contributed by atoms with Crippen molar-refractivity contribution in [2.75, 3.05) is 0 Å². The summed E-state index contributed by atoms with van der Waals surface area (Å²) in [5, 5.41) is 0. The number of hydrogen-bond acceptors (Lipinski definition) is 1. The molecule has 0 saturated carbocycles. The summed E-state index contributed by atoms with van der Waals surface area (Å²) in [5.41, 5.74) is 0. The number of benzene rings is 1. The van der Waals surface area contributed by atoms with E-state index in [1.54, 1.807) is 11.8 Å². The Labute approximate surface area is 127 Å². The summed E-state index contributed by atoms with van der Waals surface area (Å²) >= 11 is 7.80. The van der Waals surface area contributed by atoms with E-state index in [1.807, 2.05) is 18.2 Å². The molecule has 0 fully saturated rings. The summed E-state index contributed by atoms with van der Waals surface area (Å²) < 4.78 is -0.137. The number of hydrogen-bond donors (Lipinski definition) is 0. The van der Waals surface area contributed by atoms with E-state index in [4.69, 9.17) is 11.6 Å². The lowest BCUT2D eigenvalue weighted by Gasteiger charge is -2.01. The van der Waals surface area contributed by atoms with E-state index >= 15 is 0 Å². The van der Waals surface area contributed by atoms with Gasteiger partial charge in [-0.3, -0.25) is 0 Å². The van der Waals surface area contributed by atoms with Crippen LogP contribution in [-0.4, -0.2) is 4.71 Å². The Morgan fingerprint density at radius 2 is 1.74 bits per heavy atom. The summed E-state index contributed by atoms with van der Waals surface area (Å²) in [7, 11) is 0. The zero-order valence-electron chi connectivity index (χ0n) is 11.7. The molecule has 0 aliphatic rings. The first-order valence-corrected chi connectivity index (χ1v) is 8.48. The summed E-state index contributed by atoms with van der Waals surface area (Å²) in [6.45, 7) is 2.25. The van der Waals surface area contributed by atoms with E-state index in [1.165, 1.54) is 43.4 Å². The van der Waals surface area contributed by atoms with Gasteiger partial charge < -0.3 is 0 Å². The summed E-state index contributed by atoms with van der Waals surface area (Å²) in [4.78, 5) is 1.18. The smallest absolute Gasteiger partial charge is 0.101 e. The highest BCUT2D eigenvalue weighted by molar-refractivity contribution is 8.01. The van der Waals surface area contributed by atoms with Gasteiger partial charge in [0.2, 0.25) is 0 Å². The first-order valence-electron chi connectivity index (χ1n) is 7.17. The number of thioether (sulfide) groups is 1. The number of rotatable bonds is 8. The van der Waals surface area contributed by atoms with Gasteiger partial charge in [-0.1, -0.05) is 86.5 Å². The average molecular weight is 295 g/mol. The predicted octanol–water partition coefficient (Wildman–Crippen LogP) is 6.10. The quantitative estimate of drug-likeness (QED) is 0.242. The first kappa shape index (κ1) is 16.5. The average Bonchev–Trinajstić information content (AvgIpc) is 2.43. The fourth-order valence-electron chi connectivity index (χ4n) is 1.79. The number of alkyl halides is 1. The molecule has 0 aliphatic carbocycles. The minimum atomic E-state index is -0.137. The third-order valence-corrected chi connectivity index (χ3v) is 4.10. The van der Waals surface area contributed by atoms with Crippen molar-refractivity contribution in [3.63, 3.8) is 0 Å². The monoisotopic (exact) mass is 294 g/mol. The lowest BCUT2D eigenvalue weighted by atomic mass is 10.1. The Morgan fingerprint density at radius 1 is 1.05 bits per heavy atom. The topological polar surface area (TPSA) is 0 Å². The molecule has 0 radical (unpaired) electrons. The molecule has 104 valence electrons. The van der Waals surface area contributed by atoms with Crippen LogP contribution in [0.4, 0.5) is 0 Å². The van der Waals surface area contributed by atoms with Crippen molar-refractivity contribution in [3.8, 4) is 11.8 Å². The van der Waals surface area contributed by atoms with Gasteiger partial charge in [-0.25, -0.2) is 0 Å². The van der Waals surface area contributed by atoms with Gasteiger partial charge in [-0.2, -0.15) is 0 Å². The molecule has 1 unspecified atom stereocenters. The largest absolute Gasteiger partial charge is 0.144 e. The zero-order chi connectivity index (χ0) is 13.8. The normalized spacial score (nSPS) is 11.7. The van der Waals surface area contributed by atoms with Crippen LogP contribution in [0.25, 0.3) is 0 Å². The maximum Gasteiger partial charge on any atom is 0.144 e. The molecule has 0 aromatic heterocycles. The highest BCUT2D eigenvalue weighted by atomic mass is 35.5. The lowest BCUT2D eigenvalue weighted by Crippen LogP contribution is -1.86. The van der Waals surface area contributed by atoms with Gasteiger partial charge in [-0.15, -0.1) is 5.92 Å². The van der Waals surface area contributed by atoms with Crippen molar-refractivity contribution in [1.29, 1.82) is 0 Å². The molecule has 0 amide bonds. The summed E-state index contributed by atoms with van der Waals surface area (Å²) in [6.07, 6.45) is 8.87. The first-order chi connectivity index (χ1) is 9.33. The minimum absolute atomic E-state index is 0.137. The molecule has 19 heavy (non-hydrogen) atoms. The molecule has 0 aliphatic heterocycles. The standard InChI is InChI=1S/C17H23ClS/c1-2-3-4-5-6-7-8-12-15-17(18)19-16-13-10-9-11-14-16/h9-11,13-14,17H,2-8H2,1H3. The molecule has 1 aromatic carbocycles. The SMILES string of the molecule is CCCCCCCCC#CC(Cl)Sc1ccccc1. The van der Waals surface area contributed by atoms with Crippen LogP contribution in [0.2, 0.25) is 0 Å². The Morgan fingerprint density at radius 3 is 2.47 bits per heavy atom. The van der Waals surface area contributed by atoms with Gasteiger partial charge in [0.05, 0.1) is 0 Å².